The van der Waals surface area contributed by atoms with Gasteiger partial charge in [-0.2, -0.15) is 4.98 Å². The number of rotatable bonds is 6. The summed E-state index contributed by atoms with van der Waals surface area (Å²) < 4.78 is 13.1. The molecule has 0 amide bonds. The van der Waals surface area contributed by atoms with Crippen LogP contribution in [0.1, 0.15) is 44.1 Å². The predicted molar refractivity (Wildman–Crippen MR) is 98.9 cm³/mol. The van der Waals surface area contributed by atoms with Crippen LogP contribution in [0.25, 0.3) is 11.4 Å². The van der Waals surface area contributed by atoms with Crippen LogP contribution in [0.5, 0.6) is 11.5 Å². The highest BCUT2D eigenvalue weighted by Gasteiger charge is 2.21. The molecule has 0 spiro atoms. The van der Waals surface area contributed by atoms with Crippen molar-refractivity contribution in [2.45, 2.75) is 52.0 Å². The molecule has 6 nitrogen and oxygen atoms in total. The van der Waals surface area contributed by atoms with Crippen LogP contribution in [0.3, 0.4) is 0 Å². The van der Waals surface area contributed by atoms with Crippen molar-refractivity contribution in [3.8, 4) is 22.9 Å². The Bertz CT molecular complexity index is 695. The summed E-state index contributed by atoms with van der Waals surface area (Å²) in [4.78, 5) is 4.46. The summed E-state index contributed by atoms with van der Waals surface area (Å²) in [6.45, 7) is 2.82. The molecule has 3 rings (SSSR count). The molecule has 1 aromatic carbocycles. The molecule has 136 valence electrons. The zero-order valence-corrected chi connectivity index (χ0v) is 15.4. The SMILES string of the molecule is COc1cc(C)cc(OC)c1-c1nc(N)nn1CCC1CCCCC1. The minimum atomic E-state index is 0.281. The number of hydrogen-bond donors (Lipinski definition) is 1. The molecule has 1 heterocycles. The zero-order valence-electron chi connectivity index (χ0n) is 15.4. The van der Waals surface area contributed by atoms with E-state index < -0.39 is 0 Å². The smallest absolute Gasteiger partial charge is 0.240 e. The van der Waals surface area contributed by atoms with Gasteiger partial charge in [-0.1, -0.05) is 32.1 Å². The molecule has 0 radical (unpaired) electrons. The van der Waals surface area contributed by atoms with Crippen LogP contribution < -0.4 is 15.2 Å². The molecule has 2 N–H and O–H groups in total. The van der Waals surface area contributed by atoms with Crippen LogP contribution in [0, 0.1) is 12.8 Å². The standard InChI is InChI=1S/C19H28N4O2/c1-13-11-15(24-2)17(16(12-13)25-3)18-21-19(20)22-23(18)10-9-14-7-5-4-6-8-14/h11-12,14H,4-10H2,1-3H3,(H2,20,22). The largest absolute Gasteiger partial charge is 0.496 e. The van der Waals surface area contributed by atoms with E-state index in [4.69, 9.17) is 15.2 Å². The molecule has 1 saturated carbocycles. The Kier molecular flexibility index (Phi) is 5.46. The van der Waals surface area contributed by atoms with Crippen molar-refractivity contribution in [3.05, 3.63) is 17.7 Å². The van der Waals surface area contributed by atoms with Crippen molar-refractivity contribution in [2.24, 2.45) is 5.92 Å². The number of ether oxygens (including phenoxy) is 2. The van der Waals surface area contributed by atoms with E-state index in [1.165, 1.54) is 32.1 Å². The first-order valence-corrected chi connectivity index (χ1v) is 9.05. The number of aromatic nitrogens is 3. The van der Waals surface area contributed by atoms with E-state index in [1.54, 1.807) is 14.2 Å². The van der Waals surface area contributed by atoms with Gasteiger partial charge in [-0.25, -0.2) is 4.68 Å². The summed E-state index contributed by atoms with van der Waals surface area (Å²) in [6, 6.07) is 3.96. The van der Waals surface area contributed by atoms with Gasteiger partial charge in [0.25, 0.3) is 0 Å². The molecule has 0 saturated heterocycles. The average molecular weight is 344 g/mol. The van der Waals surface area contributed by atoms with Crippen LogP contribution in [-0.2, 0) is 6.54 Å². The van der Waals surface area contributed by atoms with E-state index in [0.717, 1.165) is 41.5 Å². The molecule has 0 unspecified atom stereocenters. The number of anilines is 1. The van der Waals surface area contributed by atoms with Gasteiger partial charge in [0.2, 0.25) is 5.95 Å². The lowest BCUT2D eigenvalue weighted by molar-refractivity contribution is 0.319. The summed E-state index contributed by atoms with van der Waals surface area (Å²) in [5.41, 5.74) is 7.79. The lowest BCUT2D eigenvalue weighted by Gasteiger charge is -2.21. The number of nitrogens with zero attached hydrogens (tertiary/aromatic N) is 3. The van der Waals surface area contributed by atoms with Gasteiger partial charge in [0, 0.05) is 6.54 Å². The topological polar surface area (TPSA) is 75.2 Å². The number of benzene rings is 1. The molecule has 2 aromatic rings. The Morgan fingerprint density at radius 1 is 1.12 bits per heavy atom. The lowest BCUT2D eigenvalue weighted by Crippen LogP contribution is -2.12. The molecule has 6 heteroatoms. The molecular formula is C19H28N4O2. The molecular weight excluding hydrogens is 316 g/mol. The van der Waals surface area contributed by atoms with Gasteiger partial charge in [-0.05, 0) is 37.0 Å². The summed E-state index contributed by atoms with van der Waals surface area (Å²) in [7, 11) is 3.31. The van der Waals surface area contributed by atoms with Gasteiger partial charge in [0.1, 0.15) is 17.1 Å². The fraction of sp³-hybridized carbons (Fsp3) is 0.579. The third kappa shape index (κ3) is 3.89. The Labute approximate surface area is 149 Å². The number of aryl methyl sites for hydroxylation is 2. The molecule has 1 aliphatic carbocycles. The van der Waals surface area contributed by atoms with E-state index >= 15 is 0 Å². The zero-order chi connectivity index (χ0) is 17.8. The van der Waals surface area contributed by atoms with Gasteiger partial charge in [0.05, 0.1) is 14.2 Å². The maximum absolute atomic E-state index is 5.91. The van der Waals surface area contributed by atoms with E-state index in [2.05, 4.69) is 10.1 Å². The highest BCUT2D eigenvalue weighted by atomic mass is 16.5. The number of hydrogen-bond acceptors (Lipinski definition) is 5. The van der Waals surface area contributed by atoms with E-state index in [9.17, 15) is 0 Å². The Morgan fingerprint density at radius 2 is 1.76 bits per heavy atom. The summed E-state index contributed by atoms with van der Waals surface area (Å²) in [6.07, 6.45) is 7.79. The van der Waals surface area contributed by atoms with Crippen LogP contribution in [0.2, 0.25) is 0 Å². The first-order valence-electron chi connectivity index (χ1n) is 9.05. The number of nitrogens with two attached hydrogens (primary N) is 1. The van der Waals surface area contributed by atoms with Gasteiger partial charge in [-0.3, -0.25) is 0 Å². The fourth-order valence-electron chi connectivity index (χ4n) is 3.74. The third-order valence-corrected chi connectivity index (χ3v) is 5.04. The van der Waals surface area contributed by atoms with Crippen LogP contribution in [0.4, 0.5) is 5.95 Å². The Balaban J connectivity index is 1.92. The van der Waals surface area contributed by atoms with Gasteiger partial charge < -0.3 is 15.2 Å². The van der Waals surface area contributed by atoms with E-state index in [-0.39, 0.29) is 5.95 Å². The number of methoxy groups -OCH3 is 2. The number of nitrogen functional groups attached to an aromatic ring is 1. The van der Waals surface area contributed by atoms with Crippen LogP contribution in [0.15, 0.2) is 12.1 Å². The third-order valence-electron chi connectivity index (χ3n) is 5.04. The molecule has 1 aliphatic rings. The first kappa shape index (κ1) is 17.6. The second kappa shape index (κ2) is 7.76. The van der Waals surface area contributed by atoms with Crippen LogP contribution >= 0.6 is 0 Å². The minimum Gasteiger partial charge on any atom is -0.496 e. The minimum absolute atomic E-state index is 0.281. The maximum Gasteiger partial charge on any atom is 0.240 e. The second-order valence-corrected chi connectivity index (χ2v) is 6.85. The molecule has 0 atom stereocenters. The summed E-state index contributed by atoms with van der Waals surface area (Å²) in [5, 5.41) is 4.42. The molecule has 0 aliphatic heterocycles. The van der Waals surface area contributed by atoms with Gasteiger partial charge >= 0.3 is 0 Å². The monoisotopic (exact) mass is 344 g/mol. The van der Waals surface area contributed by atoms with Crippen LogP contribution in [-0.4, -0.2) is 29.0 Å². The van der Waals surface area contributed by atoms with Crippen molar-refractivity contribution in [2.75, 3.05) is 20.0 Å². The highest BCUT2D eigenvalue weighted by Crippen LogP contribution is 2.39. The first-order chi connectivity index (χ1) is 12.1. The van der Waals surface area contributed by atoms with Crippen molar-refractivity contribution in [3.63, 3.8) is 0 Å². The normalized spacial score (nSPS) is 15.3. The molecule has 0 bridgehead atoms. The molecule has 25 heavy (non-hydrogen) atoms. The van der Waals surface area contributed by atoms with Gasteiger partial charge in [-0.15, -0.1) is 5.10 Å². The van der Waals surface area contributed by atoms with Crippen molar-refractivity contribution >= 4 is 5.95 Å². The molecule has 1 fully saturated rings. The average Bonchev–Trinajstić information content (AvgIpc) is 3.00. The highest BCUT2D eigenvalue weighted by molar-refractivity contribution is 5.73. The quantitative estimate of drug-likeness (QED) is 0.862. The Hall–Kier alpha value is -2.24. The predicted octanol–water partition coefficient (Wildman–Crippen LogP) is 3.82. The second-order valence-electron chi connectivity index (χ2n) is 6.85. The summed E-state index contributed by atoms with van der Waals surface area (Å²) in [5.74, 6) is 3.21. The lowest BCUT2D eigenvalue weighted by atomic mass is 9.87. The van der Waals surface area contributed by atoms with Gasteiger partial charge in [0.15, 0.2) is 5.82 Å². The molecule has 1 aromatic heterocycles. The Morgan fingerprint density at radius 3 is 2.36 bits per heavy atom. The van der Waals surface area contributed by atoms with Crippen molar-refractivity contribution in [1.82, 2.24) is 14.8 Å². The van der Waals surface area contributed by atoms with Crippen molar-refractivity contribution in [1.29, 1.82) is 0 Å². The van der Waals surface area contributed by atoms with Crippen molar-refractivity contribution < 1.29 is 9.47 Å². The van der Waals surface area contributed by atoms with E-state index in [0.29, 0.717) is 5.82 Å². The fourth-order valence-corrected chi connectivity index (χ4v) is 3.74. The van der Waals surface area contributed by atoms with E-state index in [1.807, 2.05) is 23.7 Å². The summed E-state index contributed by atoms with van der Waals surface area (Å²) >= 11 is 0. The maximum atomic E-state index is 5.91.